The number of benzene rings is 4. The zero-order chi connectivity index (χ0) is 53.5. The van der Waals surface area contributed by atoms with Crippen LogP contribution in [-0.2, 0) is 54.5 Å². The SMILES string of the molecule is C[C@@H](C(=O)N[C@@H](Cc1ccc(CC(=O)c2ccc(C(=O)NC3C[C@@H](C(=O)O)N(C(=O)OCc4ccccc4)C3)cc2)cc1)C(=O)N1C[Si](C)(C)C[C@H]1C(=O)NC1CCCc2ccccc21)N(C)C(=O)OC(C)(C)C. The van der Waals surface area contributed by atoms with Gasteiger partial charge in [0.2, 0.25) is 17.7 Å². The summed E-state index contributed by atoms with van der Waals surface area (Å²) < 4.78 is 10.9. The van der Waals surface area contributed by atoms with Crippen molar-refractivity contribution in [2.45, 2.75) is 134 Å². The van der Waals surface area contributed by atoms with Gasteiger partial charge in [0, 0.05) is 56.2 Å². The number of likely N-dealkylation sites (N-methyl/N-ethyl adjacent to an activating group) is 1. The van der Waals surface area contributed by atoms with Gasteiger partial charge in [-0.15, -0.1) is 0 Å². The molecule has 2 aliphatic heterocycles. The number of carbonyl (C=O) groups is 8. The number of nitrogens with one attached hydrogen (secondary N) is 3. The molecule has 0 radical (unpaired) electrons. The second-order valence-corrected chi connectivity index (χ2v) is 26.5. The van der Waals surface area contributed by atoms with Gasteiger partial charge in [-0.05, 0) is 93.0 Å². The summed E-state index contributed by atoms with van der Waals surface area (Å²) in [6.45, 7) is 10.9. The van der Waals surface area contributed by atoms with Crippen LogP contribution in [0.5, 0.6) is 0 Å². The molecule has 7 rings (SSSR count). The molecule has 2 unspecified atom stereocenters. The Bertz CT molecular complexity index is 2730. The van der Waals surface area contributed by atoms with Gasteiger partial charge in [-0.25, -0.2) is 14.4 Å². The molecule has 2 saturated heterocycles. The van der Waals surface area contributed by atoms with Crippen molar-refractivity contribution >= 4 is 55.6 Å². The monoisotopic (exact) mass is 1030 g/mol. The first-order chi connectivity index (χ1) is 35.1. The molecule has 4 N–H and O–H groups in total. The number of ketones is 1. The van der Waals surface area contributed by atoms with Crippen LogP contribution in [-0.4, -0.2) is 131 Å². The Hall–Kier alpha value is -7.34. The van der Waals surface area contributed by atoms with Gasteiger partial charge in [-0.1, -0.05) is 104 Å². The fraction of sp³-hybridized carbons (Fsp3) is 0.429. The van der Waals surface area contributed by atoms with Crippen LogP contribution in [0.25, 0.3) is 0 Å². The molecule has 0 spiro atoms. The quantitative estimate of drug-likeness (QED) is 0.0688. The molecule has 4 aromatic carbocycles. The second-order valence-electron chi connectivity index (χ2n) is 21.5. The van der Waals surface area contributed by atoms with E-state index in [9.17, 15) is 43.5 Å². The zero-order valence-corrected chi connectivity index (χ0v) is 44.2. The predicted octanol–water partition coefficient (Wildman–Crippen LogP) is 6.64. The van der Waals surface area contributed by atoms with E-state index >= 15 is 0 Å². The smallest absolute Gasteiger partial charge is 0.410 e. The number of aryl methyl sites for hydroxylation is 1. The summed E-state index contributed by atoms with van der Waals surface area (Å²) in [7, 11) is -0.641. The lowest BCUT2D eigenvalue weighted by Crippen LogP contribution is -2.57. The maximum Gasteiger partial charge on any atom is 0.410 e. The molecule has 6 amide bonds. The zero-order valence-electron chi connectivity index (χ0n) is 43.2. The third kappa shape index (κ3) is 13.8. The average molecular weight is 1030 g/mol. The van der Waals surface area contributed by atoms with Crippen molar-refractivity contribution in [1.82, 2.24) is 30.7 Å². The van der Waals surface area contributed by atoms with E-state index in [4.69, 9.17) is 9.47 Å². The molecule has 17 nitrogen and oxygen atoms in total. The number of hydrogen-bond acceptors (Lipinski definition) is 10. The van der Waals surface area contributed by atoms with E-state index in [1.165, 1.54) is 41.8 Å². The van der Waals surface area contributed by atoms with Gasteiger partial charge in [0.15, 0.2) is 5.78 Å². The lowest BCUT2D eigenvalue weighted by molar-refractivity contribution is -0.141. The van der Waals surface area contributed by atoms with Crippen LogP contribution in [0.15, 0.2) is 103 Å². The Morgan fingerprint density at radius 2 is 1.45 bits per heavy atom. The molecule has 0 saturated carbocycles. The van der Waals surface area contributed by atoms with Gasteiger partial charge in [0.1, 0.15) is 36.4 Å². The Balaban J connectivity index is 1.00. The molecule has 392 valence electrons. The van der Waals surface area contributed by atoms with Gasteiger partial charge < -0.3 is 35.4 Å². The summed E-state index contributed by atoms with van der Waals surface area (Å²) in [6.07, 6.45) is 1.64. The van der Waals surface area contributed by atoms with Gasteiger partial charge in [-0.2, -0.15) is 0 Å². The molecule has 6 atom stereocenters. The molecule has 2 heterocycles. The summed E-state index contributed by atoms with van der Waals surface area (Å²) in [5, 5.41) is 18.8. The number of Topliss-reactive ketones (excluding diaryl/α,β-unsaturated/α-hetero) is 1. The highest BCUT2D eigenvalue weighted by Crippen LogP contribution is 2.33. The van der Waals surface area contributed by atoms with Crippen LogP contribution >= 0.6 is 0 Å². The van der Waals surface area contributed by atoms with Crippen LogP contribution in [0, 0.1) is 0 Å². The maximum atomic E-state index is 14.9. The van der Waals surface area contributed by atoms with Gasteiger partial charge in [0.05, 0.1) is 14.1 Å². The van der Waals surface area contributed by atoms with Crippen molar-refractivity contribution in [3.05, 3.63) is 142 Å². The van der Waals surface area contributed by atoms with Crippen molar-refractivity contribution in [2.75, 3.05) is 19.8 Å². The van der Waals surface area contributed by atoms with Gasteiger partial charge in [-0.3, -0.25) is 33.8 Å². The molecule has 0 bridgehead atoms. The number of amides is 6. The van der Waals surface area contributed by atoms with E-state index in [1.807, 2.05) is 24.3 Å². The van der Waals surface area contributed by atoms with E-state index in [0.29, 0.717) is 28.9 Å². The molecular formula is C56H68N6O11Si. The average Bonchev–Trinajstić information content (AvgIpc) is 3.95. The van der Waals surface area contributed by atoms with E-state index in [2.05, 4.69) is 35.1 Å². The first kappa shape index (κ1) is 54.4. The molecule has 3 aliphatic rings. The topological polar surface area (TPSA) is 221 Å². The lowest BCUT2D eigenvalue weighted by Gasteiger charge is -2.33. The number of carbonyl (C=O) groups excluding carboxylic acids is 7. The molecule has 18 heteroatoms. The molecule has 2 fully saturated rings. The number of hydrogen-bond donors (Lipinski definition) is 4. The molecule has 4 aromatic rings. The summed E-state index contributed by atoms with van der Waals surface area (Å²) in [6, 6.07) is 26.0. The Morgan fingerprint density at radius 1 is 0.797 bits per heavy atom. The lowest BCUT2D eigenvalue weighted by atomic mass is 9.87. The van der Waals surface area contributed by atoms with Gasteiger partial charge in [0.25, 0.3) is 5.91 Å². The number of nitrogens with zero attached hydrogens (tertiary/aromatic N) is 3. The van der Waals surface area contributed by atoms with Crippen LogP contribution in [0.3, 0.4) is 0 Å². The highest BCUT2D eigenvalue weighted by atomic mass is 28.3. The van der Waals surface area contributed by atoms with E-state index in [0.717, 1.165) is 35.3 Å². The number of rotatable bonds is 16. The number of ether oxygens (including phenoxy) is 2. The Morgan fingerprint density at radius 3 is 2.12 bits per heavy atom. The third-order valence-corrected chi connectivity index (χ3v) is 16.6. The number of carboxylic acids is 1. The summed E-state index contributed by atoms with van der Waals surface area (Å²) in [5.41, 5.74) is 4.19. The minimum absolute atomic E-state index is 0.0109. The second kappa shape index (κ2) is 23.2. The summed E-state index contributed by atoms with van der Waals surface area (Å²) in [4.78, 5) is 112. The van der Waals surface area contributed by atoms with E-state index in [1.54, 1.807) is 81.1 Å². The van der Waals surface area contributed by atoms with E-state index < -0.39 is 79.8 Å². The standard InChI is InChI=1S/C56H68N6O11Si/c1-35(60(5)54(70)73-56(2,3)4)49(64)59-45(52(67)62-34-74(6,7)33-47(62)51(66)58-44-19-13-17-39-16-11-12-18-43(39)44)28-36-20-22-37(23-21-36)29-48(63)40-24-26-41(27-25-40)50(65)57-42-30-46(53(68)69)61(31-42)55(71)72-32-38-14-9-8-10-15-38/h8-12,14-16,18,20-27,35,42,44-47H,13,17,19,28-34H2,1-7H3,(H,57,65)(H,58,66)(H,59,64)(H,68,69)/t35-,42?,44?,45-,46-,47-/m0/s1. The molecule has 74 heavy (non-hydrogen) atoms. The summed E-state index contributed by atoms with van der Waals surface area (Å²) >= 11 is 0. The maximum absolute atomic E-state index is 14.9. The largest absolute Gasteiger partial charge is 0.480 e. The normalized spacial score (nSPS) is 19.8. The van der Waals surface area contributed by atoms with E-state index in [-0.39, 0.29) is 55.7 Å². The number of likely N-dealkylation sites (tertiary alicyclic amines) is 1. The molecular weight excluding hydrogens is 961 g/mol. The number of aliphatic carboxylic acids is 1. The van der Waals surface area contributed by atoms with Crippen LogP contribution in [0.2, 0.25) is 19.1 Å². The van der Waals surface area contributed by atoms with Gasteiger partial charge >= 0.3 is 18.2 Å². The van der Waals surface area contributed by atoms with Crippen LogP contribution in [0.4, 0.5) is 9.59 Å². The number of carboxylic acid groups (broad SMARTS) is 1. The van der Waals surface area contributed by atoms with Crippen molar-refractivity contribution in [3.8, 4) is 0 Å². The van der Waals surface area contributed by atoms with Crippen molar-refractivity contribution < 1.29 is 52.9 Å². The minimum atomic E-state index is -2.10. The fourth-order valence-corrected chi connectivity index (χ4v) is 12.7. The third-order valence-electron chi connectivity index (χ3n) is 13.9. The summed E-state index contributed by atoms with van der Waals surface area (Å²) in [5.74, 6) is -3.13. The Kier molecular flexibility index (Phi) is 17.1. The Labute approximate surface area is 433 Å². The first-order valence-corrected chi connectivity index (χ1v) is 28.6. The van der Waals surface area contributed by atoms with Crippen molar-refractivity contribution in [3.63, 3.8) is 0 Å². The van der Waals surface area contributed by atoms with Crippen molar-refractivity contribution in [2.24, 2.45) is 0 Å². The van der Waals surface area contributed by atoms with Crippen LogP contribution in [0.1, 0.15) is 102 Å². The molecule has 0 aromatic heterocycles. The van der Waals surface area contributed by atoms with Crippen molar-refractivity contribution in [1.29, 1.82) is 0 Å². The fourth-order valence-electron chi connectivity index (χ4n) is 9.84. The highest BCUT2D eigenvalue weighted by Gasteiger charge is 2.47. The minimum Gasteiger partial charge on any atom is -0.480 e. The first-order valence-electron chi connectivity index (χ1n) is 25.2. The highest BCUT2D eigenvalue weighted by molar-refractivity contribution is 6.79. The predicted molar refractivity (Wildman–Crippen MR) is 279 cm³/mol. The number of fused-ring (bicyclic) bond motifs is 1. The van der Waals surface area contributed by atoms with Crippen LogP contribution < -0.4 is 16.0 Å². The molecule has 1 aliphatic carbocycles.